The number of aliphatic carboxylic acids is 1. The lowest BCUT2D eigenvalue weighted by molar-refractivity contribution is -0.313. The standard InChI is InChI=1S/C12H17NO3/c14-11(13-7-3-4-8-13)9-5-1-2-6-10(9)12(15)16/h1-2,9-10H,3-8H2,(H,15,16)/p-1/t9-,10+/m1/s1. The summed E-state index contributed by atoms with van der Waals surface area (Å²) < 4.78 is 0. The Bertz CT molecular complexity index is 318. The van der Waals surface area contributed by atoms with Gasteiger partial charge < -0.3 is 14.8 Å². The molecule has 1 amide bonds. The van der Waals surface area contributed by atoms with Crippen molar-refractivity contribution >= 4 is 11.9 Å². The molecule has 1 saturated heterocycles. The maximum atomic E-state index is 12.1. The summed E-state index contributed by atoms with van der Waals surface area (Å²) in [6, 6.07) is 0. The Balaban J connectivity index is 2.08. The highest BCUT2D eigenvalue weighted by Gasteiger charge is 2.33. The Morgan fingerprint density at radius 1 is 1.06 bits per heavy atom. The molecule has 0 spiro atoms. The summed E-state index contributed by atoms with van der Waals surface area (Å²) in [5.74, 6) is -2.15. The summed E-state index contributed by atoms with van der Waals surface area (Å²) in [6.07, 6.45) is 6.75. The van der Waals surface area contributed by atoms with Crippen molar-refractivity contribution < 1.29 is 14.7 Å². The summed E-state index contributed by atoms with van der Waals surface area (Å²) >= 11 is 0. The number of hydrogen-bond acceptors (Lipinski definition) is 3. The van der Waals surface area contributed by atoms with Crippen LogP contribution in [0.5, 0.6) is 0 Å². The van der Waals surface area contributed by atoms with Gasteiger partial charge in [-0.25, -0.2) is 0 Å². The number of amides is 1. The number of carboxylic acids is 1. The van der Waals surface area contributed by atoms with Crippen molar-refractivity contribution in [3.8, 4) is 0 Å². The van der Waals surface area contributed by atoms with Crippen LogP contribution in [0.15, 0.2) is 12.2 Å². The van der Waals surface area contributed by atoms with Crippen LogP contribution in [0.4, 0.5) is 0 Å². The zero-order valence-electron chi connectivity index (χ0n) is 9.22. The largest absolute Gasteiger partial charge is 0.550 e. The average Bonchev–Trinajstić information content (AvgIpc) is 2.81. The number of carboxylic acid groups (broad SMARTS) is 1. The van der Waals surface area contributed by atoms with Crippen LogP contribution in [-0.4, -0.2) is 29.9 Å². The number of carbonyl (C=O) groups is 2. The van der Waals surface area contributed by atoms with E-state index in [9.17, 15) is 14.7 Å². The van der Waals surface area contributed by atoms with Crippen LogP contribution in [0, 0.1) is 11.8 Å². The first kappa shape index (κ1) is 11.2. The van der Waals surface area contributed by atoms with E-state index in [1.54, 1.807) is 4.90 Å². The van der Waals surface area contributed by atoms with Gasteiger partial charge in [0.1, 0.15) is 0 Å². The van der Waals surface area contributed by atoms with Gasteiger partial charge in [-0.3, -0.25) is 4.79 Å². The molecule has 0 N–H and O–H groups in total. The van der Waals surface area contributed by atoms with E-state index in [1.807, 2.05) is 12.2 Å². The Labute approximate surface area is 94.9 Å². The first-order valence-corrected chi connectivity index (χ1v) is 5.85. The zero-order valence-corrected chi connectivity index (χ0v) is 9.22. The average molecular weight is 222 g/mol. The molecule has 0 radical (unpaired) electrons. The molecule has 0 aromatic rings. The first-order chi connectivity index (χ1) is 7.70. The molecule has 1 aliphatic heterocycles. The Kier molecular flexibility index (Phi) is 3.27. The molecule has 2 aliphatic rings. The molecule has 0 saturated carbocycles. The van der Waals surface area contributed by atoms with E-state index in [1.165, 1.54) is 0 Å². The van der Waals surface area contributed by atoms with Crippen LogP contribution in [0.2, 0.25) is 0 Å². The molecule has 1 heterocycles. The lowest BCUT2D eigenvalue weighted by atomic mass is 9.82. The Morgan fingerprint density at radius 2 is 1.62 bits per heavy atom. The van der Waals surface area contributed by atoms with Crippen molar-refractivity contribution in [2.45, 2.75) is 25.7 Å². The minimum atomic E-state index is -1.10. The van der Waals surface area contributed by atoms with E-state index in [0.717, 1.165) is 25.9 Å². The van der Waals surface area contributed by atoms with Crippen molar-refractivity contribution in [2.24, 2.45) is 11.8 Å². The van der Waals surface area contributed by atoms with Gasteiger partial charge in [-0.05, 0) is 25.7 Å². The third-order valence-electron chi connectivity index (χ3n) is 3.47. The molecule has 16 heavy (non-hydrogen) atoms. The lowest BCUT2D eigenvalue weighted by Gasteiger charge is -2.31. The van der Waals surface area contributed by atoms with Gasteiger partial charge in [-0.1, -0.05) is 12.2 Å². The van der Waals surface area contributed by atoms with Gasteiger partial charge in [-0.2, -0.15) is 0 Å². The molecule has 1 fully saturated rings. The van der Waals surface area contributed by atoms with Crippen LogP contribution in [0.3, 0.4) is 0 Å². The van der Waals surface area contributed by atoms with Gasteiger partial charge in [0.25, 0.3) is 0 Å². The van der Waals surface area contributed by atoms with Crippen LogP contribution < -0.4 is 5.11 Å². The van der Waals surface area contributed by atoms with Crippen LogP contribution in [0.1, 0.15) is 25.7 Å². The van der Waals surface area contributed by atoms with Gasteiger partial charge in [0, 0.05) is 30.9 Å². The quantitative estimate of drug-likeness (QED) is 0.615. The highest BCUT2D eigenvalue weighted by atomic mass is 16.4. The van der Waals surface area contributed by atoms with E-state index in [4.69, 9.17) is 0 Å². The molecular formula is C12H16NO3-. The Hall–Kier alpha value is -1.32. The van der Waals surface area contributed by atoms with Crippen LogP contribution in [-0.2, 0) is 9.59 Å². The lowest BCUT2D eigenvalue weighted by Crippen LogP contribution is -2.44. The molecular weight excluding hydrogens is 206 g/mol. The molecule has 0 bridgehead atoms. The fraction of sp³-hybridized carbons (Fsp3) is 0.667. The van der Waals surface area contributed by atoms with E-state index in [-0.39, 0.29) is 5.91 Å². The summed E-state index contributed by atoms with van der Waals surface area (Å²) in [7, 11) is 0. The van der Waals surface area contributed by atoms with Crippen LogP contribution >= 0.6 is 0 Å². The molecule has 4 heteroatoms. The summed E-state index contributed by atoms with van der Waals surface area (Å²) in [5.41, 5.74) is 0. The Morgan fingerprint density at radius 3 is 2.19 bits per heavy atom. The molecule has 0 aromatic carbocycles. The van der Waals surface area contributed by atoms with E-state index >= 15 is 0 Å². The van der Waals surface area contributed by atoms with E-state index in [0.29, 0.717) is 12.8 Å². The van der Waals surface area contributed by atoms with Crippen LogP contribution in [0.25, 0.3) is 0 Å². The maximum absolute atomic E-state index is 12.1. The number of allylic oxidation sites excluding steroid dienone is 2. The number of likely N-dealkylation sites (tertiary alicyclic amines) is 1. The third kappa shape index (κ3) is 2.10. The summed E-state index contributed by atoms with van der Waals surface area (Å²) in [6.45, 7) is 1.55. The molecule has 0 aromatic heterocycles. The van der Waals surface area contributed by atoms with Gasteiger partial charge in [0.05, 0.1) is 0 Å². The zero-order chi connectivity index (χ0) is 11.5. The van der Waals surface area contributed by atoms with Crippen molar-refractivity contribution in [3.05, 3.63) is 12.2 Å². The fourth-order valence-corrected chi connectivity index (χ4v) is 2.52. The normalized spacial score (nSPS) is 29.4. The SMILES string of the molecule is O=C([O-])[C@H]1CC=CC[C@H]1C(=O)N1CCCC1. The van der Waals surface area contributed by atoms with Gasteiger partial charge in [0.2, 0.25) is 5.91 Å². The molecule has 88 valence electrons. The highest BCUT2D eigenvalue weighted by Crippen LogP contribution is 2.28. The highest BCUT2D eigenvalue weighted by molar-refractivity contribution is 5.85. The van der Waals surface area contributed by atoms with Crippen molar-refractivity contribution in [2.75, 3.05) is 13.1 Å². The topological polar surface area (TPSA) is 60.4 Å². The van der Waals surface area contributed by atoms with Crippen molar-refractivity contribution in [1.82, 2.24) is 4.90 Å². The predicted molar refractivity (Wildman–Crippen MR) is 56.2 cm³/mol. The van der Waals surface area contributed by atoms with Gasteiger partial charge >= 0.3 is 0 Å². The second-order valence-electron chi connectivity index (χ2n) is 4.51. The predicted octanol–water partition coefficient (Wildman–Crippen LogP) is -0.0589. The smallest absolute Gasteiger partial charge is 0.226 e. The van der Waals surface area contributed by atoms with Crippen molar-refractivity contribution in [3.63, 3.8) is 0 Å². The number of hydrogen-bond donors (Lipinski definition) is 0. The van der Waals surface area contributed by atoms with Gasteiger partial charge in [0.15, 0.2) is 0 Å². The third-order valence-corrected chi connectivity index (χ3v) is 3.47. The fourth-order valence-electron chi connectivity index (χ4n) is 2.52. The molecule has 2 rings (SSSR count). The van der Waals surface area contributed by atoms with E-state index in [2.05, 4.69) is 0 Å². The second kappa shape index (κ2) is 4.68. The summed E-state index contributed by atoms with van der Waals surface area (Å²) in [5, 5.41) is 11.0. The molecule has 4 nitrogen and oxygen atoms in total. The first-order valence-electron chi connectivity index (χ1n) is 5.85. The number of carbonyl (C=O) groups excluding carboxylic acids is 2. The summed E-state index contributed by atoms with van der Waals surface area (Å²) in [4.78, 5) is 24.9. The minimum absolute atomic E-state index is 0.00366. The maximum Gasteiger partial charge on any atom is 0.226 e. The second-order valence-corrected chi connectivity index (χ2v) is 4.51. The minimum Gasteiger partial charge on any atom is -0.550 e. The molecule has 0 unspecified atom stereocenters. The van der Waals surface area contributed by atoms with Gasteiger partial charge in [-0.15, -0.1) is 0 Å². The monoisotopic (exact) mass is 222 g/mol. The number of nitrogens with zero attached hydrogens (tertiary/aromatic N) is 1. The molecule has 2 atom stereocenters. The molecule has 1 aliphatic carbocycles. The van der Waals surface area contributed by atoms with Crippen molar-refractivity contribution in [1.29, 1.82) is 0 Å². The number of rotatable bonds is 2. The van der Waals surface area contributed by atoms with E-state index < -0.39 is 17.8 Å².